The van der Waals surface area contributed by atoms with Crippen molar-refractivity contribution in [1.29, 1.82) is 0 Å². The summed E-state index contributed by atoms with van der Waals surface area (Å²) in [6.45, 7) is 0.493. The van der Waals surface area contributed by atoms with Crippen molar-refractivity contribution in [3.8, 4) is 0 Å². The van der Waals surface area contributed by atoms with Crippen LogP contribution >= 0.6 is 0 Å². The highest BCUT2D eigenvalue weighted by Gasteiger charge is 2.05. The Morgan fingerprint density at radius 3 is 3.00 bits per heavy atom. The smallest absolute Gasteiger partial charge is 0.337 e. The molecule has 72 valence electrons. The molecule has 14 heavy (non-hydrogen) atoms. The van der Waals surface area contributed by atoms with Crippen LogP contribution in [-0.2, 0) is 6.54 Å². The lowest BCUT2D eigenvalue weighted by molar-refractivity contribution is 0.0697. The second-order valence-electron chi connectivity index (χ2n) is 2.86. The van der Waals surface area contributed by atoms with Gasteiger partial charge < -0.3 is 14.2 Å². The third kappa shape index (κ3) is 1.66. The zero-order valence-corrected chi connectivity index (χ0v) is 7.25. The van der Waals surface area contributed by atoms with Gasteiger partial charge in [0.15, 0.2) is 5.76 Å². The van der Waals surface area contributed by atoms with Gasteiger partial charge in [-0.05, 0) is 6.07 Å². The predicted octanol–water partition coefficient (Wildman–Crippen LogP) is 1.22. The van der Waals surface area contributed by atoms with E-state index in [1.807, 2.05) is 0 Å². The van der Waals surface area contributed by atoms with Gasteiger partial charge in [0.25, 0.3) is 0 Å². The predicted molar refractivity (Wildman–Crippen MR) is 47.0 cm³/mol. The highest BCUT2D eigenvalue weighted by molar-refractivity contribution is 5.87. The number of hydrogen-bond donors (Lipinski definition) is 1. The summed E-state index contributed by atoms with van der Waals surface area (Å²) in [5.74, 6) is -0.237. The third-order valence-corrected chi connectivity index (χ3v) is 1.83. The van der Waals surface area contributed by atoms with E-state index in [1.165, 1.54) is 0 Å². The van der Waals surface area contributed by atoms with E-state index in [1.54, 1.807) is 35.3 Å². The first-order chi connectivity index (χ1) is 6.75. The van der Waals surface area contributed by atoms with E-state index < -0.39 is 5.97 Å². The van der Waals surface area contributed by atoms with E-state index in [9.17, 15) is 4.79 Å². The average Bonchev–Trinajstić information content (AvgIpc) is 2.75. The minimum Gasteiger partial charge on any atom is -0.478 e. The van der Waals surface area contributed by atoms with E-state index in [2.05, 4.69) is 5.16 Å². The highest BCUT2D eigenvalue weighted by atomic mass is 16.5. The van der Waals surface area contributed by atoms with Crippen molar-refractivity contribution in [3.63, 3.8) is 0 Å². The van der Waals surface area contributed by atoms with Crippen LogP contribution in [0.5, 0.6) is 0 Å². The van der Waals surface area contributed by atoms with Gasteiger partial charge in [-0.1, -0.05) is 5.16 Å². The molecule has 2 rings (SSSR count). The van der Waals surface area contributed by atoms with Crippen molar-refractivity contribution >= 4 is 5.97 Å². The van der Waals surface area contributed by atoms with Gasteiger partial charge in [-0.2, -0.15) is 0 Å². The maximum Gasteiger partial charge on any atom is 0.337 e. The van der Waals surface area contributed by atoms with Crippen LogP contribution in [0.3, 0.4) is 0 Å². The first-order valence-electron chi connectivity index (χ1n) is 4.04. The molecule has 5 heteroatoms. The van der Waals surface area contributed by atoms with Crippen LogP contribution < -0.4 is 0 Å². The van der Waals surface area contributed by atoms with E-state index >= 15 is 0 Å². The van der Waals surface area contributed by atoms with Crippen LogP contribution in [0, 0.1) is 0 Å². The quantitative estimate of drug-likeness (QED) is 0.793. The number of hydrogen-bond acceptors (Lipinski definition) is 3. The van der Waals surface area contributed by atoms with E-state index in [0.717, 1.165) is 0 Å². The van der Waals surface area contributed by atoms with Crippen molar-refractivity contribution in [1.82, 2.24) is 9.72 Å². The summed E-state index contributed by atoms with van der Waals surface area (Å²) in [4.78, 5) is 10.6. The number of carbonyl (C=O) groups is 1. The Morgan fingerprint density at radius 1 is 1.57 bits per heavy atom. The molecule has 0 bridgehead atoms. The fourth-order valence-corrected chi connectivity index (χ4v) is 1.17. The second-order valence-corrected chi connectivity index (χ2v) is 2.86. The van der Waals surface area contributed by atoms with Gasteiger partial charge in [0.05, 0.1) is 18.3 Å². The van der Waals surface area contributed by atoms with Crippen molar-refractivity contribution in [2.24, 2.45) is 0 Å². The van der Waals surface area contributed by atoms with Gasteiger partial charge in [-0.15, -0.1) is 0 Å². The molecule has 0 saturated carbocycles. The summed E-state index contributed by atoms with van der Waals surface area (Å²) < 4.78 is 6.62. The molecular weight excluding hydrogens is 184 g/mol. The normalized spacial score (nSPS) is 10.3. The molecule has 2 heterocycles. The Labute approximate surface area is 79.6 Å². The molecule has 0 fully saturated rings. The molecule has 2 aromatic heterocycles. The van der Waals surface area contributed by atoms with Gasteiger partial charge >= 0.3 is 5.97 Å². The molecule has 2 aromatic rings. The number of aromatic nitrogens is 2. The molecule has 0 unspecified atom stereocenters. The zero-order chi connectivity index (χ0) is 9.97. The van der Waals surface area contributed by atoms with Crippen molar-refractivity contribution in [3.05, 3.63) is 42.0 Å². The molecule has 5 nitrogen and oxygen atoms in total. The van der Waals surface area contributed by atoms with E-state index in [-0.39, 0.29) is 5.56 Å². The van der Waals surface area contributed by atoms with Gasteiger partial charge in [-0.25, -0.2) is 4.79 Å². The van der Waals surface area contributed by atoms with Crippen LogP contribution in [0.4, 0.5) is 0 Å². The lowest BCUT2D eigenvalue weighted by atomic mass is 10.3. The Kier molecular flexibility index (Phi) is 2.06. The topological polar surface area (TPSA) is 68.3 Å². The molecule has 0 aliphatic rings. The van der Waals surface area contributed by atoms with Crippen LogP contribution in [0.1, 0.15) is 16.1 Å². The van der Waals surface area contributed by atoms with Gasteiger partial charge in [0.2, 0.25) is 0 Å². The monoisotopic (exact) mass is 192 g/mol. The molecule has 0 saturated heterocycles. The van der Waals surface area contributed by atoms with E-state index in [0.29, 0.717) is 12.3 Å². The average molecular weight is 192 g/mol. The Hall–Kier alpha value is -2.04. The molecule has 0 radical (unpaired) electrons. The zero-order valence-electron chi connectivity index (χ0n) is 7.25. The fourth-order valence-electron chi connectivity index (χ4n) is 1.17. The number of aromatic carboxylic acids is 1. The lowest BCUT2D eigenvalue weighted by Gasteiger charge is -1.96. The van der Waals surface area contributed by atoms with Crippen LogP contribution in [0.2, 0.25) is 0 Å². The minimum atomic E-state index is -0.929. The van der Waals surface area contributed by atoms with Crippen molar-refractivity contribution in [2.75, 3.05) is 0 Å². The summed E-state index contributed by atoms with van der Waals surface area (Å²) in [5, 5.41) is 12.2. The Bertz CT molecular complexity index is 431. The molecule has 1 N–H and O–H groups in total. The van der Waals surface area contributed by atoms with Gasteiger partial charge in [-0.3, -0.25) is 0 Å². The van der Waals surface area contributed by atoms with Crippen LogP contribution in [0.25, 0.3) is 0 Å². The highest BCUT2D eigenvalue weighted by Crippen LogP contribution is 2.05. The molecule has 0 aliphatic heterocycles. The maximum absolute atomic E-state index is 10.6. The van der Waals surface area contributed by atoms with Crippen LogP contribution in [-0.4, -0.2) is 20.8 Å². The number of carboxylic acids is 1. The molecule has 0 amide bonds. The molecule has 0 atom stereocenters. The first kappa shape index (κ1) is 8.55. The Morgan fingerprint density at radius 2 is 2.43 bits per heavy atom. The summed E-state index contributed by atoms with van der Waals surface area (Å²) >= 11 is 0. The molecule has 0 aliphatic carbocycles. The summed E-state index contributed by atoms with van der Waals surface area (Å²) in [7, 11) is 0. The Balaban J connectivity index is 2.14. The fraction of sp³-hybridized carbons (Fsp3) is 0.111. The van der Waals surface area contributed by atoms with E-state index in [4.69, 9.17) is 9.63 Å². The minimum absolute atomic E-state index is 0.268. The SMILES string of the molecule is O=C(O)c1ccn(Cc2ccno2)c1. The molecular formula is C9H8N2O3. The van der Waals surface area contributed by atoms with Gasteiger partial charge in [0.1, 0.15) is 0 Å². The summed E-state index contributed by atoms with van der Waals surface area (Å²) in [6, 6.07) is 3.28. The lowest BCUT2D eigenvalue weighted by Crippen LogP contribution is -1.96. The van der Waals surface area contributed by atoms with Crippen molar-refractivity contribution < 1.29 is 14.4 Å². The largest absolute Gasteiger partial charge is 0.478 e. The maximum atomic E-state index is 10.6. The molecule has 0 aromatic carbocycles. The standard InChI is InChI=1S/C9H8N2O3/c12-9(13)7-2-4-11(5-7)6-8-1-3-10-14-8/h1-5H,6H2,(H,12,13). The summed E-state index contributed by atoms with van der Waals surface area (Å²) in [5.41, 5.74) is 0.268. The number of nitrogens with zero attached hydrogens (tertiary/aromatic N) is 2. The summed E-state index contributed by atoms with van der Waals surface area (Å²) in [6.07, 6.45) is 4.79. The molecule has 0 spiro atoms. The van der Waals surface area contributed by atoms with Gasteiger partial charge in [0, 0.05) is 18.5 Å². The third-order valence-electron chi connectivity index (χ3n) is 1.83. The second kappa shape index (κ2) is 3.37. The number of carboxylic acid groups (broad SMARTS) is 1. The number of rotatable bonds is 3. The van der Waals surface area contributed by atoms with Crippen molar-refractivity contribution in [2.45, 2.75) is 6.54 Å². The first-order valence-corrected chi connectivity index (χ1v) is 4.04. The van der Waals surface area contributed by atoms with Crippen LogP contribution in [0.15, 0.2) is 35.2 Å².